The number of nitrogens with one attached hydrogen (secondary N) is 1. The molecule has 0 aromatic heterocycles. The predicted molar refractivity (Wildman–Crippen MR) is 47.7 cm³/mol. The molecule has 4 nitrogen and oxygen atoms in total. The maximum absolute atomic E-state index is 5.10. The molecule has 0 saturated heterocycles. The number of hydrazine groups is 1. The summed E-state index contributed by atoms with van der Waals surface area (Å²) in [6, 6.07) is 0. The third kappa shape index (κ3) is 1.98. The highest BCUT2D eigenvalue weighted by atomic mass is 127. The summed E-state index contributed by atoms with van der Waals surface area (Å²) in [5.74, 6) is 5.88. The third-order valence-electron chi connectivity index (χ3n) is 1.19. The van der Waals surface area contributed by atoms with E-state index in [1.807, 2.05) is 11.9 Å². The fourth-order valence-corrected chi connectivity index (χ4v) is 0.688. The number of halogens is 1. The Kier molecular flexibility index (Phi) is 3.87. The van der Waals surface area contributed by atoms with E-state index >= 15 is 0 Å². The number of rotatable bonds is 0. The molecule has 0 bridgehead atoms. The van der Waals surface area contributed by atoms with Crippen LogP contribution in [0.1, 0.15) is 0 Å². The second-order valence-electron chi connectivity index (χ2n) is 1.77. The van der Waals surface area contributed by atoms with Crippen LogP contribution in [-0.2, 0) is 0 Å². The lowest BCUT2D eigenvalue weighted by molar-refractivity contribution is 0.536. The Labute approximate surface area is 71.5 Å². The molecule has 0 radical (unpaired) electrons. The highest BCUT2D eigenvalue weighted by molar-refractivity contribution is 14.0. The first-order valence-electron chi connectivity index (χ1n) is 2.57. The van der Waals surface area contributed by atoms with Crippen molar-refractivity contribution < 1.29 is 0 Å². The molecule has 0 fully saturated rings. The van der Waals surface area contributed by atoms with E-state index in [4.69, 9.17) is 5.84 Å². The van der Waals surface area contributed by atoms with Gasteiger partial charge in [-0.05, 0) is 0 Å². The van der Waals surface area contributed by atoms with Gasteiger partial charge in [-0.3, -0.25) is 10.4 Å². The normalized spacial score (nSPS) is 16.7. The van der Waals surface area contributed by atoms with E-state index < -0.39 is 0 Å². The minimum Gasteiger partial charge on any atom is -0.343 e. The van der Waals surface area contributed by atoms with Gasteiger partial charge in [0.15, 0.2) is 0 Å². The van der Waals surface area contributed by atoms with E-state index in [-0.39, 0.29) is 24.0 Å². The molecule has 0 aliphatic carbocycles. The number of hydrogen-bond acceptors (Lipinski definition) is 4. The zero-order valence-corrected chi connectivity index (χ0v) is 7.62. The summed E-state index contributed by atoms with van der Waals surface area (Å²) in [4.78, 5) is 6.01. The topological polar surface area (TPSA) is 53.6 Å². The van der Waals surface area contributed by atoms with Gasteiger partial charge >= 0.3 is 0 Å². The summed E-state index contributed by atoms with van der Waals surface area (Å²) in [5, 5.41) is 0. The van der Waals surface area contributed by atoms with Crippen molar-refractivity contribution in [1.29, 1.82) is 0 Å². The molecule has 0 aromatic rings. The minimum absolute atomic E-state index is 0. The van der Waals surface area contributed by atoms with Gasteiger partial charge in [-0.2, -0.15) is 0 Å². The zero-order valence-electron chi connectivity index (χ0n) is 5.29. The van der Waals surface area contributed by atoms with Gasteiger partial charge in [0.2, 0.25) is 5.96 Å². The van der Waals surface area contributed by atoms with Crippen LogP contribution in [0.3, 0.4) is 0 Å². The van der Waals surface area contributed by atoms with Crippen molar-refractivity contribution in [3.05, 3.63) is 0 Å². The van der Waals surface area contributed by atoms with E-state index in [1.165, 1.54) is 0 Å². The van der Waals surface area contributed by atoms with E-state index in [2.05, 4.69) is 10.4 Å². The van der Waals surface area contributed by atoms with E-state index in [1.54, 1.807) is 0 Å². The molecule has 1 aliphatic rings. The fraction of sp³-hybridized carbons (Fsp3) is 0.750. The SMILES string of the molecule is CN1CCN=C1NN.I. The summed E-state index contributed by atoms with van der Waals surface area (Å²) in [7, 11) is 1.95. The molecule has 0 saturated carbocycles. The molecule has 9 heavy (non-hydrogen) atoms. The third-order valence-corrected chi connectivity index (χ3v) is 1.19. The van der Waals surface area contributed by atoms with E-state index in [9.17, 15) is 0 Å². The quantitative estimate of drug-likeness (QED) is 0.338. The van der Waals surface area contributed by atoms with Crippen molar-refractivity contribution in [2.45, 2.75) is 0 Å². The highest BCUT2D eigenvalue weighted by Crippen LogP contribution is 1.91. The van der Waals surface area contributed by atoms with Crippen LogP contribution in [0.2, 0.25) is 0 Å². The largest absolute Gasteiger partial charge is 0.343 e. The van der Waals surface area contributed by atoms with Gasteiger partial charge in [-0.15, -0.1) is 24.0 Å². The second-order valence-corrected chi connectivity index (χ2v) is 1.77. The Morgan fingerprint density at radius 3 is 2.67 bits per heavy atom. The molecule has 5 heteroatoms. The summed E-state index contributed by atoms with van der Waals surface area (Å²) >= 11 is 0. The molecule has 54 valence electrons. The molecule has 0 atom stereocenters. The smallest absolute Gasteiger partial charge is 0.208 e. The van der Waals surface area contributed by atoms with Crippen LogP contribution in [0.4, 0.5) is 0 Å². The molecular formula is C4H11IN4. The number of hydrogen-bond donors (Lipinski definition) is 2. The Bertz CT molecular complexity index is 113. The number of nitrogens with two attached hydrogens (primary N) is 1. The molecule has 0 aromatic carbocycles. The van der Waals surface area contributed by atoms with Crippen molar-refractivity contribution in [2.75, 3.05) is 20.1 Å². The van der Waals surface area contributed by atoms with Crippen LogP contribution < -0.4 is 11.3 Å². The minimum atomic E-state index is 0. The van der Waals surface area contributed by atoms with Crippen LogP contribution in [0.5, 0.6) is 0 Å². The summed E-state index contributed by atoms with van der Waals surface area (Å²) in [6.07, 6.45) is 0. The van der Waals surface area contributed by atoms with Gasteiger partial charge in [0, 0.05) is 13.6 Å². The first kappa shape index (κ1) is 8.96. The predicted octanol–water partition coefficient (Wildman–Crippen LogP) is -0.631. The summed E-state index contributed by atoms with van der Waals surface area (Å²) in [5.41, 5.74) is 2.49. The lowest BCUT2D eigenvalue weighted by atomic mass is 10.6. The van der Waals surface area contributed by atoms with Crippen molar-refractivity contribution >= 4 is 29.9 Å². The molecule has 0 amide bonds. The van der Waals surface area contributed by atoms with Crippen LogP contribution in [0.25, 0.3) is 0 Å². The lowest BCUT2D eigenvalue weighted by Gasteiger charge is -2.10. The molecule has 0 spiro atoms. The first-order chi connectivity index (χ1) is 3.84. The van der Waals surface area contributed by atoms with E-state index in [0.717, 1.165) is 19.0 Å². The van der Waals surface area contributed by atoms with Crippen molar-refractivity contribution in [3.63, 3.8) is 0 Å². The van der Waals surface area contributed by atoms with Crippen molar-refractivity contribution in [2.24, 2.45) is 10.8 Å². The monoisotopic (exact) mass is 242 g/mol. The standard InChI is InChI=1S/C4H10N4.HI/c1-8-3-2-6-4(8)7-5;/h2-3,5H2,1H3,(H,6,7);1H. The van der Waals surface area contributed by atoms with E-state index in [0.29, 0.717) is 0 Å². The molecule has 1 heterocycles. The average molecular weight is 242 g/mol. The Balaban J connectivity index is 0.000000640. The second kappa shape index (κ2) is 3.89. The Morgan fingerprint density at radius 2 is 2.44 bits per heavy atom. The molecule has 0 unspecified atom stereocenters. The Hall–Kier alpha value is -0.0400. The van der Waals surface area contributed by atoms with Gasteiger partial charge in [0.25, 0.3) is 0 Å². The van der Waals surface area contributed by atoms with Crippen LogP contribution in [0, 0.1) is 0 Å². The maximum Gasteiger partial charge on any atom is 0.208 e. The highest BCUT2D eigenvalue weighted by Gasteiger charge is 2.08. The van der Waals surface area contributed by atoms with Gasteiger partial charge in [0.1, 0.15) is 0 Å². The van der Waals surface area contributed by atoms with Gasteiger partial charge in [0.05, 0.1) is 6.54 Å². The fourth-order valence-electron chi connectivity index (χ4n) is 0.688. The lowest BCUT2D eigenvalue weighted by Crippen LogP contribution is -2.39. The maximum atomic E-state index is 5.10. The van der Waals surface area contributed by atoms with Gasteiger partial charge in [-0.1, -0.05) is 0 Å². The summed E-state index contributed by atoms with van der Waals surface area (Å²) < 4.78 is 0. The van der Waals surface area contributed by atoms with Crippen LogP contribution >= 0.6 is 24.0 Å². The average Bonchev–Trinajstić information content (AvgIpc) is 2.14. The number of nitrogens with zero attached hydrogens (tertiary/aromatic N) is 2. The molecule has 3 N–H and O–H groups in total. The number of guanidine groups is 1. The number of likely N-dealkylation sites (N-methyl/N-ethyl adjacent to an activating group) is 1. The van der Waals surface area contributed by atoms with Crippen LogP contribution in [0.15, 0.2) is 4.99 Å². The molecule has 1 aliphatic heterocycles. The Morgan fingerprint density at radius 1 is 1.78 bits per heavy atom. The van der Waals surface area contributed by atoms with Crippen molar-refractivity contribution in [3.8, 4) is 0 Å². The molecule has 1 rings (SSSR count). The van der Waals surface area contributed by atoms with Crippen LogP contribution in [-0.4, -0.2) is 31.0 Å². The molecular weight excluding hydrogens is 231 g/mol. The zero-order chi connectivity index (χ0) is 5.98. The first-order valence-corrected chi connectivity index (χ1v) is 2.57. The summed E-state index contributed by atoms with van der Waals surface area (Å²) in [6.45, 7) is 1.83. The number of aliphatic imine (C=N–C) groups is 1. The van der Waals surface area contributed by atoms with Gasteiger partial charge < -0.3 is 4.90 Å². The van der Waals surface area contributed by atoms with Gasteiger partial charge in [-0.25, -0.2) is 5.84 Å². The van der Waals surface area contributed by atoms with Crippen molar-refractivity contribution in [1.82, 2.24) is 10.3 Å².